The van der Waals surface area contributed by atoms with Crippen molar-refractivity contribution in [3.8, 4) is 5.75 Å². The Morgan fingerprint density at radius 2 is 1.81 bits per heavy atom. The van der Waals surface area contributed by atoms with Crippen molar-refractivity contribution in [3.63, 3.8) is 0 Å². The Morgan fingerprint density at radius 3 is 2.54 bits per heavy atom. The van der Waals surface area contributed by atoms with Gasteiger partial charge in [-0.3, -0.25) is 4.79 Å². The number of carbonyl (C=O) groups excluding carboxylic acids is 1. The Kier molecular flexibility index (Phi) is 8.25. The fourth-order valence-corrected chi connectivity index (χ4v) is 3.40. The third kappa shape index (κ3) is 6.58. The van der Waals surface area contributed by atoms with Crippen LogP contribution in [-0.4, -0.2) is 45.1 Å². The summed E-state index contributed by atoms with van der Waals surface area (Å²) in [7, 11) is 5.72. The summed E-state index contributed by atoms with van der Waals surface area (Å²) < 4.78 is 5.42. The Labute approximate surface area is 160 Å². The fourth-order valence-electron chi connectivity index (χ4n) is 2.36. The van der Waals surface area contributed by atoms with Gasteiger partial charge >= 0.3 is 0 Å². The minimum absolute atomic E-state index is 0.0687. The van der Waals surface area contributed by atoms with Crippen molar-refractivity contribution in [2.45, 2.75) is 16.2 Å². The molecule has 0 aliphatic heterocycles. The second-order valence-corrected chi connectivity index (χ2v) is 7.16. The van der Waals surface area contributed by atoms with Crippen LogP contribution in [0.2, 0.25) is 0 Å². The summed E-state index contributed by atoms with van der Waals surface area (Å²) >= 11 is 1.63. The van der Waals surface area contributed by atoms with Crippen molar-refractivity contribution >= 4 is 23.7 Å². The van der Waals surface area contributed by atoms with E-state index < -0.39 is 0 Å². The summed E-state index contributed by atoms with van der Waals surface area (Å²) in [6.07, 6.45) is 4.39. The van der Waals surface area contributed by atoms with Crippen LogP contribution < -0.4 is 10.1 Å². The summed E-state index contributed by atoms with van der Waals surface area (Å²) in [4.78, 5) is 16.2. The molecule has 1 amide bonds. The molecular formula is C21H26N2O2S. The molecule has 0 aliphatic carbocycles. The summed E-state index contributed by atoms with van der Waals surface area (Å²) in [6.45, 7) is 1.64. The normalized spacial score (nSPS) is 11.1. The molecule has 2 rings (SSSR count). The first-order valence-corrected chi connectivity index (χ1v) is 9.42. The van der Waals surface area contributed by atoms with Crippen LogP contribution in [0.15, 0.2) is 64.4 Å². The lowest BCUT2D eigenvalue weighted by molar-refractivity contribution is -0.116. The molecule has 0 saturated heterocycles. The maximum absolute atomic E-state index is 12.0. The largest absolute Gasteiger partial charge is 0.496 e. The van der Waals surface area contributed by atoms with E-state index >= 15 is 0 Å². The topological polar surface area (TPSA) is 41.6 Å². The molecule has 0 saturated carbocycles. The van der Waals surface area contributed by atoms with Crippen molar-refractivity contribution < 1.29 is 9.53 Å². The number of ether oxygens (including phenoxy) is 1. The van der Waals surface area contributed by atoms with E-state index in [9.17, 15) is 4.79 Å². The van der Waals surface area contributed by atoms with E-state index in [1.54, 1.807) is 24.9 Å². The second kappa shape index (κ2) is 10.7. The Hall–Kier alpha value is -2.24. The zero-order valence-corrected chi connectivity index (χ0v) is 16.4. The molecule has 2 aromatic carbocycles. The highest BCUT2D eigenvalue weighted by Crippen LogP contribution is 2.36. The van der Waals surface area contributed by atoms with Crippen LogP contribution in [0.25, 0.3) is 6.08 Å². The Balaban J connectivity index is 2.01. The molecule has 0 bridgehead atoms. The molecule has 1 N–H and O–H groups in total. The maximum Gasteiger partial charge on any atom is 0.244 e. The number of nitrogens with one attached hydrogen (secondary N) is 1. The zero-order chi connectivity index (χ0) is 18.8. The quantitative estimate of drug-likeness (QED) is 0.536. The summed E-state index contributed by atoms with van der Waals surface area (Å²) in [6, 6.07) is 15.9. The highest BCUT2D eigenvalue weighted by molar-refractivity contribution is 7.99. The molecular weight excluding hydrogens is 344 g/mol. The van der Waals surface area contributed by atoms with Crippen LogP contribution in [0.1, 0.15) is 12.0 Å². The number of methoxy groups -OCH3 is 1. The molecule has 2 aromatic rings. The molecule has 4 nitrogen and oxygen atoms in total. The van der Waals surface area contributed by atoms with Crippen LogP contribution >= 0.6 is 11.8 Å². The first-order chi connectivity index (χ1) is 12.6. The van der Waals surface area contributed by atoms with Crippen molar-refractivity contribution in [2.24, 2.45) is 0 Å². The van der Waals surface area contributed by atoms with Gasteiger partial charge < -0.3 is 15.0 Å². The molecule has 0 aromatic heterocycles. The van der Waals surface area contributed by atoms with Gasteiger partial charge in [0.1, 0.15) is 5.75 Å². The van der Waals surface area contributed by atoms with E-state index in [0.717, 1.165) is 34.1 Å². The molecule has 0 spiro atoms. The minimum atomic E-state index is -0.0687. The van der Waals surface area contributed by atoms with Gasteiger partial charge in [0.05, 0.1) is 12.0 Å². The van der Waals surface area contributed by atoms with E-state index in [1.807, 2.05) is 68.7 Å². The van der Waals surface area contributed by atoms with E-state index in [4.69, 9.17) is 4.74 Å². The fraction of sp³-hybridized carbons (Fsp3) is 0.286. The van der Waals surface area contributed by atoms with Gasteiger partial charge in [-0.05, 0) is 56.9 Å². The molecule has 138 valence electrons. The van der Waals surface area contributed by atoms with E-state index in [2.05, 4.69) is 10.2 Å². The van der Waals surface area contributed by atoms with Crippen molar-refractivity contribution in [3.05, 3.63) is 60.2 Å². The van der Waals surface area contributed by atoms with Crippen LogP contribution in [0, 0.1) is 0 Å². The lowest BCUT2D eigenvalue weighted by Crippen LogP contribution is -2.25. The second-order valence-electron chi connectivity index (χ2n) is 6.07. The lowest BCUT2D eigenvalue weighted by Gasteiger charge is -2.10. The molecule has 0 unspecified atom stereocenters. The maximum atomic E-state index is 12.0. The molecule has 26 heavy (non-hydrogen) atoms. The van der Waals surface area contributed by atoms with Crippen LogP contribution in [0.5, 0.6) is 5.75 Å². The van der Waals surface area contributed by atoms with E-state index in [-0.39, 0.29) is 5.91 Å². The van der Waals surface area contributed by atoms with Crippen LogP contribution in [0.4, 0.5) is 0 Å². The SMILES string of the molecule is COc1ccccc1Sc1ccccc1/C=C/C(=O)NCCCN(C)C. The Bertz CT molecular complexity index is 744. The number of nitrogens with zero attached hydrogens (tertiary/aromatic N) is 1. The average Bonchev–Trinajstić information content (AvgIpc) is 2.65. The molecule has 0 radical (unpaired) electrons. The first kappa shape index (κ1) is 20.1. The van der Waals surface area contributed by atoms with Crippen LogP contribution in [-0.2, 0) is 4.79 Å². The van der Waals surface area contributed by atoms with Gasteiger partial charge in [-0.15, -0.1) is 0 Å². The smallest absolute Gasteiger partial charge is 0.244 e. The molecule has 0 atom stereocenters. The number of amides is 1. The van der Waals surface area contributed by atoms with Gasteiger partial charge in [0, 0.05) is 17.5 Å². The van der Waals surface area contributed by atoms with Crippen molar-refractivity contribution in [1.29, 1.82) is 0 Å². The summed E-state index contributed by atoms with van der Waals surface area (Å²) in [5, 5.41) is 2.92. The van der Waals surface area contributed by atoms with Gasteiger partial charge in [0.25, 0.3) is 0 Å². The van der Waals surface area contributed by atoms with E-state index in [1.165, 1.54) is 0 Å². The van der Waals surface area contributed by atoms with Gasteiger partial charge in [0.2, 0.25) is 5.91 Å². The van der Waals surface area contributed by atoms with Gasteiger partial charge in [-0.1, -0.05) is 42.1 Å². The third-order valence-electron chi connectivity index (χ3n) is 3.70. The van der Waals surface area contributed by atoms with Crippen LogP contribution in [0.3, 0.4) is 0 Å². The molecule has 0 fully saturated rings. The van der Waals surface area contributed by atoms with Crippen molar-refractivity contribution in [1.82, 2.24) is 10.2 Å². The van der Waals surface area contributed by atoms with Crippen molar-refractivity contribution in [2.75, 3.05) is 34.3 Å². The zero-order valence-electron chi connectivity index (χ0n) is 15.6. The summed E-state index contributed by atoms with van der Waals surface area (Å²) in [5.41, 5.74) is 1.01. The number of hydrogen-bond donors (Lipinski definition) is 1. The predicted molar refractivity (Wildman–Crippen MR) is 109 cm³/mol. The number of rotatable bonds is 9. The molecule has 0 heterocycles. The van der Waals surface area contributed by atoms with E-state index in [0.29, 0.717) is 6.54 Å². The molecule has 5 heteroatoms. The average molecular weight is 371 g/mol. The summed E-state index contributed by atoms with van der Waals surface area (Å²) in [5.74, 6) is 0.774. The predicted octanol–water partition coefficient (Wildman–Crippen LogP) is 3.93. The highest BCUT2D eigenvalue weighted by Gasteiger charge is 2.07. The number of para-hydroxylation sites is 1. The monoisotopic (exact) mass is 370 g/mol. The Morgan fingerprint density at radius 1 is 1.12 bits per heavy atom. The van der Waals surface area contributed by atoms with Gasteiger partial charge in [-0.2, -0.15) is 0 Å². The number of benzene rings is 2. The number of hydrogen-bond acceptors (Lipinski definition) is 4. The lowest BCUT2D eigenvalue weighted by atomic mass is 10.2. The number of carbonyl (C=O) groups is 1. The minimum Gasteiger partial charge on any atom is -0.496 e. The van der Waals surface area contributed by atoms with Gasteiger partial charge in [-0.25, -0.2) is 0 Å². The standard InChI is InChI=1S/C21H26N2O2S/c1-23(2)16-8-15-22-21(24)14-13-17-9-4-6-11-19(17)26-20-12-7-5-10-18(20)25-3/h4-7,9-14H,8,15-16H2,1-3H3,(H,22,24)/b14-13+. The highest BCUT2D eigenvalue weighted by atomic mass is 32.2. The molecule has 0 aliphatic rings. The van der Waals surface area contributed by atoms with Gasteiger partial charge in [0.15, 0.2) is 0 Å². The first-order valence-electron chi connectivity index (χ1n) is 8.60. The third-order valence-corrected chi connectivity index (χ3v) is 4.85.